The minimum atomic E-state index is 0.556. The second-order valence-electron chi connectivity index (χ2n) is 2.92. The van der Waals surface area contributed by atoms with Gasteiger partial charge in [-0.2, -0.15) is 0 Å². The van der Waals surface area contributed by atoms with Crippen LogP contribution in [0.15, 0.2) is 12.3 Å². The van der Waals surface area contributed by atoms with E-state index in [1.54, 1.807) is 0 Å². The second-order valence-corrected chi connectivity index (χ2v) is 2.92. The Morgan fingerprint density at radius 2 is 1.45 bits per heavy atom. The third-order valence-corrected chi connectivity index (χ3v) is 0.911. The summed E-state index contributed by atoms with van der Waals surface area (Å²) in [5, 5.41) is 3.20. The van der Waals surface area contributed by atoms with Gasteiger partial charge in [-0.25, -0.2) is 0 Å². The fourth-order valence-electron chi connectivity index (χ4n) is 0.440. The lowest BCUT2D eigenvalue weighted by Crippen LogP contribution is -2.15. The van der Waals surface area contributed by atoms with Crippen molar-refractivity contribution in [3.05, 3.63) is 12.3 Å². The normalized spacial score (nSPS) is 10.2. The Morgan fingerprint density at radius 3 is 1.73 bits per heavy atom. The molecular formula is C10H23N. The fraction of sp³-hybridized carbons (Fsp3) is 0.800. The maximum Gasteiger partial charge on any atom is 0.0199 e. The number of hydrogen-bond donors (Lipinski definition) is 1. The van der Waals surface area contributed by atoms with Crippen molar-refractivity contribution in [1.82, 2.24) is 5.32 Å². The highest BCUT2D eigenvalue weighted by Crippen LogP contribution is 1.91. The summed E-state index contributed by atoms with van der Waals surface area (Å²) in [5.74, 6) is 0.649. The lowest BCUT2D eigenvalue weighted by Gasteiger charge is -2.02. The van der Waals surface area contributed by atoms with Crippen LogP contribution < -0.4 is 5.32 Å². The summed E-state index contributed by atoms with van der Waals surface area (Å²) in [6.07, 6.45) is 4.18. The monoisotopic (exact) mass is 157 g/mol. The van der Waals surface area contributed by atoms with Gasteiger partial charge in [-0.15, -0.1) is 0 Å². The van der Waals surface area contributed by atoms with Gasteiger partial charge in [0.25, 0.3) is 0 Å². The topological polar surface area (TPSA) is 12.0 Å². The first-order chi connectivity index (χ1) is 5.13. The number of nitrogens with one attached hydrogen (secondary N) is 1. The molecule has 0 spiro atoms. The van der Waals surface area contributed by atoms with E-state index in [2.05, 4.69) is 39.1 Å². The molecule has 0 atom stereocenters. The van der Waals surface area contributed by atoms with E-state index in [0.29, 0.717) is 12.0 Å². The van der Waals surface area contributed by atoms with E-state index in [4.69, 9.17) is 0 Å². The van der Waals surface area contributed by atoms with Gasteiger partial charge in [-0.05, 0) is 26.0 Å². The average molecular weight is 157 g/mol. The maximum atomic E-state index is 3.20. The summed E-state index contributed by atoms with van der Waals surface area (Å²) in [7, 11) is 0. The van der Waals surface area contributed by atoms with Gasteiger partial charge in [0.2, 0.25) is 0 Å². The van der Waals surface area contributed by atoms with Crippen molar-refractivity contribution < 1.29 is 0 Å². The molecular weight excluding hydrogens is 134 g/mol. The molecule has 1 N–H and O–H groups in total. The van der Waals surface area contributed by atoms with Gasteiger partial charge in [0.05, 0.1) is 0 Å². The summed E-state index contributed by atoms with van der Waals surface area (Å²) in [5.41, 5.74) is 0. The van der Waals surface area contributed by atoms with Gasteiger partial charge in [-0.3, -0.25) is 0 Å². The molecule has 1 nitrogen and oxygen atoms in total. The molecule has 0 aromatic carbocycles. The van der Waals surface area contributed by atoms with Crippen molar-refractivity contribution in [2.45, 2.75) is 47.6 Å². The summed E-state index contributed by atoms with van der Waals surface area (Å²) >= 11 is 0. The summed E-state index contributed by atoms with van der Waals surface area (Å²) in [6.45, 7) is 12.6. The molecule has 0 aliphatic carbocycles. The highest BCUT2D eigenvalue weighted by molar-refractivity contribution is 4.83. The average Bonchev–Trinajstić information content (AvgIpc) is 1.90. The van der Waals surface area contributed by atoms with Crippen molar-refractivity contribution in [2.75, 3.05) is 0 Å². The Hall–Kier alpha value is -0.460. The van der Waals surface area contributed by atoms with Crippen LogP contribution in [-0.2, 0) is 0 Å². The van der Waals surface area contributed by atoms with Gasteiger partial charge in [0.1, 0.15) is 0 Å². The smallest absolute Gasteiger partial charge is 0.0199 e. The predicted octanol–water partition coefficient (Wildman–Crippen LogP) is 3.18. The molecule has 0 fully saturated rings. The van der Waals surface area contributed by atoms with Crippen LogP contribution in [0, 0.1) is 5.92 Å². The Labute approximate surface area is 71.9 Å². The zero-order valence-electron chi connectivity index (χ0n) is 8.81. The molecule has 11 heavy (non-hydrogen) atoms. The van der Waals surface area contributed by atoms with Crippen LogP contribution >= 0.6 is 0 Å². The van der Waals surface area contributed by atoms with Gasteiger partial charge >= 0.3 is 0 Å². The standard InChI is InChI=1S/C8H17N.C2H6/c1-7(2)5-6-9-8(3)4;1-2/h5-9H,1-4H3;1-2H3/b6-5-;. The molecule has 0 aromatic rings. The molecule has 0 amide bonds. The van der Waals surface area contributed by atoms with E-state index < -0.39 is 0 Å². The molecule has 0 unspecified atom stereocenters. The van der Waals surface area contributed by atoms with Crippen molar-refractivity contribution in [3.63, 3.8) is 0 Å². The van der Waals surface area contributed by atoms with Crippen molar-refractivity contribution in [2.24, 2.45) is 5.92 Å². The number of rotatable bonds is 3. The van der Waals surface area contributed by atoms with E-state index in [-0.39, 0.29) is 0 Å². The van der Waals surface area contributed by atoms with Crippen molar-refractivity contribution in [1.29, 1.82) is 0 Å². The molecule has 0 saturated carbocycles. The molecule has 0 aliphatic rings. The SMILES string of the molecule is CC.CC(C)/C=C\NC(C)C. The number of allylic oxidation sites excluding steroid dienone is 1. The van der Waals surface area contributed by atoms with Crippen LogP contribution in [0.2, 0.25) is 0 Å². The van der Waals surface area contributed by atoms with Gasteiger partial charge in [0, 0.05) is 6.04 Å². The Balaban J connectivity index is 0. The van der Waals surface area contributed by atoms with E-state index >= 15 is 0 Å². The molecule has 0 aromatic heterocycles. The van der Waals surface area contributed by atoms with Crippen LogP contribution in [0.1, 0.15) is 41.5 Å². The third-order valence-electron chi connectivity index (χ3n) is 0.911. The quantitative estimate of drug-likeness (QED) is 0.663. The lowest BCUT2D eigenvalue weighted by molar-refractivity contribution is 0.693. The zero-order chi connectivity index (χ0) is 9.28. The van der Waals surface area contributed by atoms with Crippen LogP contribution in [0.5, 0.6) is 0 Å². The summed E-state index contributed by atoms with van der Waals surface area (Å²) < 4.78 is 0. The molecule has 0 bridgehead atoms. The predicted molar refractivity (Wildman–Crippen MR) is 53.6 cm³/mol. The minimum Gasteiger partial charge on any atom is -0.389 e. The van der Waals surface area contributed by atoms with Gasteiger partial charge in [-0.1, -0.05) is 33.8 Å². The molecule has 0 saturated heterocycles. The first-order valence-electron chi connectivity index (χ1n) is 4.55. The van der Waals surface area contributed by atoms with Crippen molar-refractivity contribution >= 4 is 0 Å². The zero-order valence-corrected chi connectivity index (χ0v) is 8.81. The maximum absolute atomic E-state index is 3.20. The minimum absolute atomic E-state index is 0.556. The van der Waals surface area contributed by atoms with E-state index in [1.165, 1.54) is 0 Å². The van der Waals surface area contributed by atoms with E-state index in [1.807, 2.05) is 20.0 Å². The largest absolute Gasteiger partial charge is 0.389 e. The van der Waals surface area contributed by atoms with Crippen molar-refractivity contribution in [3.8, 4) is 0 Å². The van der Waals surface area contributed by atoms with Crippen LogP contribution in [-0.4, -0.2) is 6.04 Å². The Kier molecular flexibility index (Phi) is 11.4. The first-order valence-corrected chi connectivity index (χ1v) is 4.55. The molecule has 1 heteroatoms. The molecule has 0 radical (unpaired) electrons. The van der Waals surface area contributed by atoms with E-state index in [9.17, 15) is 0 Å². The summed E-state index contributed by atoms with van der Waals surface area (Å²) in [6, 6.07) is 0.556. The molecule has 0 rings (SSSR count). The lowest BCUT2D eigenvalue weighted by atomic mass is 10.2. The van der Waals surface area contributed by atoms with Crippen LogP contribution in [0.4, 0.5) is 0 Å². The van der Waals surface area contributed by atoms with Crippen LogP contribution in [0.3, 0.4) is 0 Å². The highest BCUT2D eigenvalue weighted by atomic mass is 14.9. The molecule has 68 valence electrons. The van der Waals surface area contributed by atoms with E-state index in [0.717, 1.165) is 0 Å². The Bertz CT molecular complexity index is 82.9. The third kappa shape index (κ3) is 17.7. The first kappa shape index (κ1) is 13.2. The Morgan fingerprint density at radius 1 is 1.00 bits per heavy atom. The summed E-state index contributed by atoms with van der Waals surface area (Å²) in [4.78, 5) is 0. The van der Waals surface area contributed by atoms with Gasteiger partial charge < -0.3 is 5.32 Å². The van der Waals surface area contributed by atoms with Crippen LogP contribution in [0.25, 0.3) is 0 Å². The highest BCUT2D eigenvalue weighted by Gasteiger charge is 1.84. The molecule has 0 heterocycles. The fourth-order valence-corrected chi connectivity index (χ4v) is 0.440. The molecule has 0 aliphatic heterocycles. The second kappa shape index (κ2) is 9.54. The number of hydrogen-bond acceptors (Lipinski definition) is 1. The van der Waals surface area contributed by atoms with Gasteiger partial charge in [0.15, 0.2) is 0 Å².